The molecular formula is C10H8BrClN2S. The van der Waals surface area contributed by atoms with E-state index in [0.717, 1.165) is 15.9 Å². The van der Waals surface area contributed by atoms with Gasteiger partial charge in [-0.15, -0.1) is 0 Å². The normalized spacial score (nSPS) is 10.6. The van der Waals surface area contributed by atoms with Gasteiger partial charge in [0.1, 0.15) is 0 Å². The van der Waals surface area contributed by atoms with Crippen LogP contribution in [0.25, 0.3) is 5.69 Å². The minimum Gasteiger partial charge on any atom is -0.335 e. The van der Waals surface area contributed by atoms with Crippen LogP contribution in [0.3, 0.4) is 0 Å². The van der Waals surface area contributed by atoms with E-state index in [4.69, 9.17) is 23.8 Å². The average molecular weight is 304 g/mol. The Balaban J connectivity index is 2.69. The zero-order chi connectivity index (χ0) is 11.0. The molecule has 1 aromatic carbocycles. The van der Waals surface area contributed by atoms with Crippen LogP contribution in [0.4, 0.5) is 0 Å². The highest BCUT2D eigenvalue weighted by Gasteiger charge is 2.07. The number of nitrogens with one attached hydrogen (secondary N) is 1. The topological polar surface area (TPSA) is 20.7 Å². The lowest BCUT2D eigenvalue weighted by atomic mass is 10.3. The number of imidazole rings is 1. The quantitative estimate of drug-likeness (QED) is 0.781. The molecule has 78 valence electrons. The molecule has 0 saturated carbocycles. The van der Waals surface area contributed by atoms with Gasteiger partial charge >= 0.3 is 0 Å². The summed E-state index contributed by atoms with van der Waals surface area (Å²) in [4.78, 5) is 3.07. The molecule has 2 aromatic rings. The molecule has 0 amide bonds. The van der Waals surface area contributed by atoms with Gasteiger partial charge in [0.05, 0.1) is 15.2 Å². The summed E-state index contributed by atoms with van der Waals surface area (Å²) in [6.45, 7) is 1.96. The Morgan fingerprint density at radius 2 is 2.20 bits per heavy atom. The highest BCUT2D eigenvalue weighted by atomic mass is 79.9. The van der Waals surface area contributed by atoms with Gasteiger partial charge in [-0.2, -0.15) is 0 Å². The van der Waals surface area contributed by atoms with Crippen LogP contribution in [0.5, 0.6) is 0 Å². The van der Waals surface area contributed by atoms with Crippen molar-refractivity contribution in [3.8, 4) is 5.69 Å². The Labute approximate surface area is 106 Å². The fraction of sp³-hybridized carbons (Fsp3) is 0.100. The van der Waals surface area contributed by atoms with Crippen LogP contribution in [-0.4, -0.2) is 9.55 Å². The molecule has 0 saturated heterocycles. The molecule has 0 bridgehead atoms. The molecular weight excluding hydrogens is 296 g/mol. The van der Waals surface area contributed by atoms with E-state index in [1.165, 1.54) is 0 Å². The van der Waals surface area contributed by atoms with E-state index in [1.807, 2.05) is 35.9 Å². The van der Waals surface area contributed by atoms with Crippen LogP contribution in [0, 0.1) is 11.7 Å². The third kappa shape index (κ3) is 2.02. The number of aryl methyl sites for hydroxylation is 1. The summed E-state index contributed by atoms with van der Waals surface area (Å²) in [5, 5.41) is 0.674. The minimum atomic E-state index is 0.662. The Bertz CT molecular complexity index is 559. The van der Waals surface area contributed by atoms with Gasteiger partial charge in [-0.1, -0.05) is 17.7 Å². The first kappa shape index (κ1) is 10.9. The monoisotopic (exact) mass is 302 g/mol. The van der Waals surface area contributed by atoms with Crippen molar-refractivity contribution in [3.63, 3.8) is 0 Å². The summed E-state index contributed by atoms with van der Waals surface area (Å²) in [6.07, 6.45) is 1.94. The summed E-state index contributed by atoms with van der Waals surface area (Å²) < 4.78 is 3.40. The van der Waals surface area contributed by atoms with E-state index < -0.39 is 0 Å². The molecule has 5 heteroatoms. The molecule has 1 heterocycles. The van der Waals surface area contributed by atoms with Crippen molar-refractivity contribution < 1.29 is 0 Å². The van der Waals surface area contributed by atoms with Crippen molar-refractivity contribution in [1.29, 1.82) is 0 Å². The van der Waals surface area contributed by atoms with Crippen molar-refractivity contribution in [2.24, 2.45) is 0 Å². The number of rotatable bonds is 1. The molecule has 0 aliphatic rings. The number of aromatic nitrogens is 2. The Morgan fingerprint density at radius 1 is 1.47 bits per heavy atom. The predicted molar refractivity (Wildman–Crippen MR) is 68.4 cm³/mol. The third-order valence-electron chi connectivity index (χ3n) is 2.04. The van der Waals surface area contributed by atoms with Crippen LogP contribution < -0.4 is 0 Å². The third-order valence-corrected chi connectivity index (χ3v) is 3.71. The second kappa shape index (κ2) is 4.12. The van der Waals surface area contributed by atoms with Crippen molar-refractivity contribution in [1.82, 2.24) is 9.55 Å². The molecule has 0 spiro atoms. The molecule has 15 heavy (non-hydrogen) atoms. The van der Waals surface area contributed by atoms with Gasteiger partial charge < -0.3 is 4.98 Å². The molecule has 2 rings (SSSR count). The van der Waals surface area contributed by atoms with E-state index in [2.05, 4.69) is 20.9 Å². The first-order valence-corrected chi connectivity index (χ1v) is 5.90. The number of halogens is 2. The Kier molecular flexibility index (Phi) is 3.00. The summed E-state index contributed by atoms with van der Waals surface area (Å²) in [5.74, 6) is 0. The number of hydrogen-bond donors (Lipinski definition) is 1. The fourth-order valence-electron chi connectivity index (χ4n) is 1.37. The lowest BCUT2D eigenvalue weighted by Gasteiger charge is -2.06. The zero-order valence-corrected chi connectivity index (χ0v) is 11.1. The molecule has 0 aliphatic heterocycles. The van der Waals surface area contributed by atoms with Crippen molar-refractivity contribution in [2.75, 3.05) is 0 Å². The van der Waals surface area contributed by atoms with Gasteiger partial charge in [0, 0.05) is 11.9 Å². The standard InChI is InChI=1S/C10H8BrClN2S/c1-6-5-14(10(15)13-6)8-4-2-3-7(12)9(8)11/h2-5H,1H3,(H,13,15). The molecule has 0 atom stereocenters. The zero-order valence-electron chi connectivity index (χ0n) is 7.92. The number of H-pyrrole nitrogens is 1. The Hall–Kier alpha value is -0.580. The van der Waals surface area contributed by atoms with Gasteiger partial charge in [0.2, 0.25) is 0 Å². The van der Waals surface area contributed by atoms with Crippen LogP contribution in [0.15, 0.2) is 28.9 Å². The summed E-state index contributed by atoms with van der Waals surface area (Å²) in [7, 11) is 0. The van der Waals surface area contributed by atoms with Gasteiger partial charge in [-0.05, 0) is 47.2 Å². The van der Waals surface area contributed by atoms with Crippen molar-refractivity contribution in [2.45, 2.75) is 6.92 Å². The maximum Gasteiger partial charge on any atom is 0.182 e. The summed E-state index contributed by atoms with van der Waals surface area (Å²) in [5.41, 5.74) is 1.96. The van der Waals surface area contributed by atoms with Gasteiger partial charge in [-0.25, -0.2) is 0 Å². The molecule has 0 aliphatic carbocycles. The van der Waals surface area contributed by atoms with Gasteiger partial charge in [0.25, 0.3) is 0 Å². The van der Waals surface area contributed by atoms with Crippen molar-refractivity contribution >= 4 is 39.7 Å². The highest BCUT2D eigenvalue weighted by Crippen LogP contribution is 2.29. The van der Waals surface area contributed by atoms with E-state index >= 15 is 0 Å². The summed E-state index contributed by atoms with van der Waals surface area (Å²) in [6, 6.07) is 5.68. The van der Waals surface area contributed by atoms with E-state index in [0.29, 0.717) is 9.79 Å². The maximum atomic E-state index is 6.02. The minimum absolute atomic E-state index is 0.662. The fourth-order valence-corrected chi connectivity index (χ4v) is 2.31. The number of aromatic amines is 1. The number of nitrogens with zero attached hydrogens (tertiary/aromatic N) is 1. The van der Waals surface area contributed by atoms with Crippen molar-refractivity contribution in [3.05, 3.63) is 44.4 Å². The number of hydrogen-bond acceptors (Lipinski definition) is 1. The highest BCUT2D eigenvalue weighted by molar-refractivity contribution is 9.10. The molecule has 2 nitrogen and oxygen atoms in total. The second-order valence-corrected chi connectivity index (χ2v) is 4.77. The SMILES string of the molecule is Cc1cn(-c2cccc(Cl)c2Br)c(=S)[nH]1. The number of benzene rings is 1. The van der Waals surface area contributed by atoms with E-state index in [-0.39, 0.29) is 0 Å². The lowest BCUT2D eigenvalue weighted by molar-refractivity contribution is 1.02. The largest absolute Gasteiger partial charge is 0.335 e. The van der Waals surface area contributed by atoms with Crippen LogP contribution in [-0.2, 0) is 0 Å². The molecule has 0 radical (unpaired) electrons. The van der Waals surface area contributed by atoms with Gasteiger partial charge in [-0.3, -0.25) is 4.57 Å². The maximum absolute atomic E-state index is 6.02. The molecule has 0 unspecified atom stereocenters. The smallest absolute Gasteiger partial charge is 0.182 e. The van der Waals surface area contributed by atoms with E-state index in [1.54, 1.807) is 0 Å². The van der Waals surface area contributed by atoms with Crippen LogP contribution in [0.1, 0.15) is 5.69 Å². The summed E-state index contributed by atoms with van der Waals surface area (Å²) >= 11 is 14.7. The predicted octanol–water partition coefficient (Wildman–Crippen LogP) is 4.26. The molecule has 1 N–H and O–H groups in total. The lowest BCUT2D eigenvalue weighted by Crippen LogP contribution is -1.93. The average Bonchev–Trinajstić information content (AvgIpc) is 2.50. The van der Waals surface area contributed by atoms with E-state index in [9.17, 15) is 0 Å². The second-order valence-electron chi connectivity index (χ2n) is 3.19. The molecule has 1 aromatic heterocycles. The van der Waals surface area contributed by atoms with Crippen LogP contribution in [0.2, 0.25) is 5.02 Å². The first-order chi connectivity index (χ1) is 7.09. The first-order valence-electron chi connectivity index (χ1n) is 4.32. The van der Waals surface area contributed by atoms with Crippen LogP contribution >= 0.6 is 39.7 Å². The molecule has 0 fully saturated rings. The van der Waals surface area contributed by atoms with Gasteiger partial charge in [0.15, 0.2) is 4.77 Å². The Morgan fingerprint density at radius 3 is 2.80 bits per heavy atom.